The molecule has 0 unspecified atom stereocenters. The summed E-state index contributed by atoms with van der Waals surface area (Å²) >= 11 is 0. The number of carboxylic acid groups (broad SMARTS) is 1. The standard InChI is InChI=1S/C29H31N3O6/c30-32-31-29-24(16-26(33)34)27(36-18-22-12-6-2-7-13-22)28(37-19-23-14-8-3-9-15-23)25(38-29)20-35-17-21-10-4-1-5-11-21/h1-15,24-25,27-29H,16-20H2,(H,33,34)/t24-,25-,27-,28-,29-/m1/s1. The molecule has 38 heavy (non-hydrogen) atoms. The Hall–Kier alpha value is -3.72. The smallest absolute Gasteiger partial charge is 0.303 e. The number of benzene rings is 3. The van der Waals surface area contributed by atoms with Crippen LogP contribution in [0.1, 0.15) is 23.1 Å². The van der Waals surface area contributed by atoms with Crippen molar-refractivity contribution < 1.29 is 28.8 Å². The summed E-state index contributed by atoms with van der Waals surface area (Å²) in [4.78, 5) is 14.7. The van der Waals surface area contributed by atoms with Gasteiger partial charge in [-0.2, -0.15) is 0 Å². The van der Waals surface area contributed by atoms with Crippen molar-refractivity contribution in [1.29, 1.82) is 0 Å². The lowest BCUT2D eigenvalue weighted by atomic mass is 9.87. The second-order valence-corrected chi connectivity index (χ2v) is 9.05. The van der Waals surface area contributed by atoms with Gasteiger partial charge >= 0.3 is 5.97 Å². The number of carbonyl (C=O) groups is 1. The van der Waals surface area contributed by atoms with Crippen LogP contribution in [0, 0.1) is 5.92 Å². The molecule has 1 fully saturated rings. The Morgan fingerprint density at radius 2 is 1.32 bits per heavy atom. The lowest BCUT2D eigenvalue weighted by Crippen LogP contribution is -2.57. The third kappa shape index (κ3) is 7.89. The minimum atomic E-state index is -1.06. The highest BCUT2D eigenvalue weighted by molar-refractivity contribution is 5.67. The van der Waals surface area contributed by atoms with Crippen molar-refractivity contribution >= 4 is 5.97 Å². The molecule has 0 spiro atoms. The molecule has 9 heteroatoms. The van der Waals surface area contributed by atoms with Crippen LogP contribution in [0.2, 0.25) is 0 Å². The third-order valence-electron chi connectivity index (χ3n) is 6.33. The van der Waals surface area contributed by atoms with E-state index in [-0.39, 0.29) is 26.2 Å². The molecule has 3 aromatic carbocycles. The van der Waals surface area contributed by atoms with Crippen LogP contribution >= 0.6 is 0 Å². The van der Waals surface area contributed by atoms with Crippen LogP contribution in [-0.2, 0) is 43.6 Å². The van der Waals surface area contributed by atoms with E-state index in [9.17, 15) is 15.4 Å². The molecule has 0 bridgehead atoms. The van der Waals surface area contributed by atoms with Crippen LogP contribution in [0.15, 0.2) is 96.1 Å². The van der Waals surface area contributed by atoms with Gasteiger partial charge in [0.25, 0.3) is 0 Å². The van der Waals surface area contributed by atoms with E-state index >= 15 is 0 Å². The summed E-state index contributed by atoms with van der Waals surface area (Å²) in [5.74, 6) is -1.82. The number of hydrogen-bond donors (Lipinski definition) is 1. The van der Waals surface area contributed by atoms with Crippen LogP contribution in [0.25, 0.3) is 10.4 Å². The highest BCUT2D eigenvalue weighted by Crippen LogP contribution is 2.35. The first kappa shape index (κ1) is 27.3. The van der Waals surface area contributed by atoms with Gasteiger partial charge in [-0.3, -0.25) is 4.79 Å². The Morgan fingerprint density at radius 1 is 0.816 bits per heavy atom. The molecule has 4 rings (SSSR count). The fraction of sp³-hybridized carbons (Fsp3) is 0.345. The van der Waals surface area contributed by atoms with E-state index in [1.54, 1.807) is 0 Å². The Balaban J connectivity index is 1.59. The Morgan fingerprint density at radius 3 is 1.82 bits per heavy atom. The molecule has 0 radical (unpaired) electrons. The summed E-state index contributed by atoms with van der Waals surface area (Å²) in [6.45, 7) is 0.984. The van der Waals surface area contributed by atoms with Crippen LogP contribution < -0.4 is 0 Å². The Bertz CT molecular complexity index is 1170. The molecule has 9 nitrogen and oxygen atoms in total. The number of azide groups is 1. The number of carboxylic acids is 1. The number of ether oxygens (including phenoxy) is 4. The fourth-order valence-corrected chi connectivity index (χ4v) is 4.51. The average Bonchev–Trinajstić information content (AvgIpc) is 2.94. The molecule has 3 aromatic rings. The molecule has 1 aliphatic rings. The van der Waals surface area contributed by atoms with Crippen molar-refractivity contribution in [2.24, 2.45) is 11.0 Å². The van der Waals surface area contributed by atoms with Gasteiger partial charge in [-0.1, -0.05) is 96.1 Å². The molecule has 1 heterocycles. The Kier molecular flexibility index (Phi) is 10.3. The van der Waals surface area contributed by atoms with Gasteiger partial charge in [-0.15, -0.1) is 0 Å². The van der Waals surface area contributed by atoms with Crippen molar-refractivity contribution in [2.75, 3.05) is 6.61 Å². The molecule has 1 saturated heterocycles. The van der Waals surface area contributed by atoms with Crippen LogP contribution in [-0.4, -0.2) is 42.2 Å². The van der Waals surface area contributed by atoms with Gasteiger partial charge in [0.05, 0.1) is 39.0 Å². The van der Waals surface area contributed by atoms with Crippen LogP contribution in [0.5, 0.6) is 0 Å². The fourth-order valence-electron chi connectivity index (χ4n) is 4.51. The second-order valence-electron chi connectivity index (χ2n) is 9.05. The quantitative estimate of drug-likeness (QED) is 0.181. The van der Waals surface area contributed by atoms with E-state index < -0.39 is 36.4 Å². The molecule has 1 N–H and O–H groups in total. The topological polar surface area (TPSA) is 123 Å². The summed E-state index contributed by atoms with van der Waals surface area (Å²) in [6.07, 6.45) is -3.44. The molecular weight excluding hydrogens is 486 g/mol. The predicted molar refractivity (Wildman–Crippen MR) is 140 cm³/mol. The highest BCUT2D eigenvalue weighted by Gasteiger charge is 2.48. The van der Waals surface area contributed by atoms with E-state index in [1.807, 2.05) is 91.0 Å². The maximum absolute atomic E-state index is 11.8. The maximum atomic E-state index is 11.8. The lowest BCUT2D eigenvalue weighted by molar-refractivity contribution is -0.245. The molecule has 198 valence electrons. The van der Waals surface area contributed by atoms with E-state index in [1.165, 1.54) is 0 Å². The summed E-state index contributed by atoms with van der Waals surface area (Å²) in [5.41, 5.74) is 12.1. The van der Waals surface area contributed by atoms with Crippen molar-refractivity contribution in [3.63, 3.8) is 0 Å². The van der Waals surface area contributed by atoms with Gasteiger partial charge < -0.3 is 24.1 Å². The van der Waals surface area contributed by atoms with E-state index in [2.05, 4.69) is 10.0 Å². The molecule has 1 aliphatic heterocycles. The van der Waals surface area contributed by atoms with Crippen molar-refractivity contribution in [1.82, 2.24) is 0 Å². The van der Waals surface area contributed by atoms with Gasteiger partial charge in [0.1, 0.15) is 18.4 Å². The van der Waals surface area contributed by atoms with Crippen molar-refractivity contribution in [3.05, 3.63) is 118 Å². The minimum Gasteiger partial charge on any atom is -0.481 e. The predicted octanol–water partition coefficient (Wildman–Crippen LogP) is 5.50. The molecule has 5 atom stereocenters. The number of nitrogens with zero attached hydrogens (tertiary/aromatic N) is 3. The largest absolute Gasteiger partial charge is 0.481 e. The number of aliphatic carboxylic acids is 1. The van der Waals surface area contributed by atoms with E-state index in [4.69, 9.17) is 18.9 Å². The van der Waals surface area contributed by atoms with Gasteiger partial charge in [0.2, 0.25) is 0 Å². The van der Waals surface area contributed by atoms with Gasteiger partial charge in [0, 0.05) is 10.8 Å². The first-order valence-corrected chi connectivity index (χ1v) is 12.5. The maximum Gasteiger partial charge on any atom is 0.303 e. The lowest BCUT2D eigenvalue weighted by Gasteiger charge is -2.45. The third-order valence-corrected chi connectivity index (χ3v) is 6.33. The highest BCUT2D eigenvalue weighted by atomic mass is 16.6. The summed E-state index contributed by atoms with van der Waals surface area (Å²) in [6, 6.07) is 29.0. The first-order valence-electron chi connectivity index (χ1n) is 12.5. The molecular formula is C29H31N3O6. The van der Waals surface area contributed by atoms with Crippen LogP contribution in [0.3, 0.4) is 0 Å². The average molecular weight is 518 g/mol. The summed E-state index contributed by atoms with van der Waals surface area (Å²) in [5, 5.41) is 13.5. The summed E-state index contributed by atoms with van der Waals surface area (Å²) in [7, 11) is 0. The number of hydrogen-bond acceptors (Lipinski definition) is 6. The SMILES string of the molecule is [N-]=[N+]=N[C@@H]1O[C@H](COCc2ccccc2)[C@@H](OCc2ccccc2)[C@H](OCc2ccccc2)[C@H]1CC(=O)O. The van der Waals surface area contributed by atoms with Crippen molar-refractivity contribution in [2.45, 2.75) is 50.8 Å². The molecule has 0 amide bonds. The van der Waals surface area contributed by atoms with Gasteiger partial charge in [-0.25, -0.2) is 0 Å². The normalized spacial score (nSPS) is 22.9. The van der Waals surface area contributed by atoms with Crippen molar-refractivity contribution in [3.8, 4) is 0 Å². The second kappa shape index (κ2) is 14.3. The zero-order chi connectivity index (χ0) is 26.6. The molecule has 0 saturated carbocycles. The monoisotopic (exact) mass is 517 g/mol. The minimum absolute atomic E-state index is 0.136. The molecule has 0 aliphatic carbocycles. The zero-order valence-corrected chi connectivity index (χ0v) is 20.9. The van der Waals surface area contributed by atoms with Crippen LogP contribution in [0.4, 0.5) is 0 Å². The summed E-state index contributed by atoms with van der Waals surface area (Å²) < 4.78 is 24.8. The number of rotatable bonds is 13. The van der Waals surface area contributed by atoms with Gasteiger partial charge in [-0.05, 0) is 22.2 Å². The van der Waals surface area contributed by atoms with E-state index in [0.717, 1.165) is 16.7 Å². The van der Waals surface area contributed by atoms with Gasteiger partial charge in [0.15, 0.2) is 0 Å². The Labute approximate surface area is 221 Å². The zero-order valence-electron chi connectivity index (χ0n) is 20.9. The molecule has 0 aromatic heterocycles. The first-order chi connectivity index (χ1) is 18.6. The van der Waals surface area contributed by atoms with E-state index in [0.29, 0.717) is 6.61 Å².